The molecule has 0 saturated carbocycles. The molecular weight excluding hydrogens is 162 g/mol. The molecule has 1 unspecified atom stereocenters. The highest BCUT2D eigenvalue weighted by Gasteiger charge is 2.25. The third-order valence-corrected chi connectivity index (χ3v) is 2.58. The summed E-state index contributed by atoms with van der Waals surface area (Å²) >= 11 is 0. The van der Waals surface area contributed by atoms with Crippen LogP contribution in [0.5, 0.6) is 0 Å². The maximum atomic E-state index is 6.03. The monoisotopic (exact) mass is 177 g/mol. The van der Waals surface area contributed by atoms with Gasteiger partial charge in [-0.05, 0) is 12.0 Å². The van der Waals surface area contributed by atoms with Gasteiger partial charge in [0.25, 0.3) is 0 Å². The van der Waals surface area contributed by atoms with Gasteiger partial charge in [-0.3, -0.25) is 0 Å². The summed E-state index contributed by atoms with van der Waals surface area (Å²) in [6, 6.07) is 10.6. The summed E-state index contributed by atoms with van der Waals surface area (Å²) in [5, 5.41) is 0. The first-order chi connectivity index (χ1) is 6.36. The second-order valence-corrected chi connectivity index (χ2v) is 3.65. The van der Waals surface area contributed by atoms with Crippen molar-refractivity contribution in [2.45, 2.75) is 12.5 Å². The molecule has 1 atom stereocenters. The molecule has 2 N–H and O–H groups in total. The van der Waals surface area contributed by atoms with Crippen LogP contribution in [0.15, 0.2) is 30.3 Å². The molecule has 1 aliphatic rings. The van der Waals surface area contributed by atoms with Crippen LogP contribution in [-0.4, -0.2) is 19.3 Å². The van der Waals surface area contributed by atoms with E-state index in [1.165, 1.54) is 5.56 Å². The lowest BCUT2D eigenvalue weighted by molar-refractivity contribution is -0.0434. The van der Waals surface area contributed by atoms with Crippen molar-refractivity contribution < 1.29 is 4.74 Å². The fourth-order valence-corrected chi connectivity index (χ4v) is 1.55. The van der Waals surface area contributed by atoms with Gasteiger partial charge >= 0.3 is 0 Å². The predicted molar refractivity (Wildman–Crippen MR) is 52.4 cm³/mol. The average Bonchev–Trinajstić information content (AvgIpc) is 2.02. The number of ether oxygens (including phenoxy) is 1. The van der Waals surface area contributed by atoms with Crippen molar-refractivity contribution in [3.8, 4) is 0 Å². The SMILES string of the molecule is NC(Cc1ccccc1)C1COC1. The van der Waals surface area contributed by atoms with Gasteiger partial charge in [0, 0.05) is 12.0 Å². The van der Waals surface area contributed by atoms with Crippen molar-refractivity contribution in [1.82, 2.24) is 0 Å². The Morgan fingerprint density at radius 3 is 2.54 bits per heavy atom. The molecule has 13 heavy (non-hydrogen) atoms. The Balaban J connectivity index is 1.90. The van der Waals surface area contributed by atoms with E-state index in [4.69, 9.17) is 10.5 Å². The van der Waals surface area contributed by atoms with Crippen molar-refractivity contribution in [3.05, 3.63) is 35.9 Å². The Kier molecular flexibility index (Phi) is 2.62. The molecule has 1 aliphatic heterocycles. The number of hydrogen-bond donors (Lipinski definition) is 1. The molecule has 1 aromatic rings. The van der Waals surface area contributed by atoms with Crippen LogP contribution in [0.25, 0.3) is 0 Å². The summed E-state index contributed by atoms with van der Waals surface area (Å²) < 4.78 is 5.11. The summed E-state index contributed by atoms with van der Waals surface area (Å²) in [6.45, 7) is 1.68. The second kappa shape index (κ2) is 3.90. The van der Waals surface area contributed by atoms with Gasteiger partial charge in [-0.2, -0.15) is 0 Å². The van der Waals surface area contributed by atoms with E-state index < -0.39 is 0 Å². The fraction of sp³-hybridized carbons (Fsp3) is 0.455. The maximum absolute atomic E-state index is 6.03. The van der Waals surface area contributed by atoms with E-state index in [0.717, 1.165) is 19.6 Å². The first kappa shape index (κ1) is 8.73. The minimum absolute atomic E-state index is 0.260. The molecule has 1 aromatic carbocycles. The number of hydrogen-bond acceptors (Lipinski definition) is 2. The molecule has 0 amide bonds. The lowest BCUT2D eigenvalue weighted by atomic mass is 9.93. The molecule has 1 heterocycles. The van der Waals surface area contributed by atoms with Crippen LogP contribution < -0.4 is 5.73 Å². The van der Waals surface area contributed by atoms with E-state index in [-0.39, 0.29) is 6.04 Å². The zero-order valence-corrected chi connectivity index (χ0v) is 7.65. The minimum Gasteiger partial charge on any atom is -0.381 e. The van der Waals surface area contributed by atoms with Gasteiger partial charge in [0.2, 0.25) is 0 Å². The smallest absolute Gasteiger partial charge is 0.0531 e. The van der Waals surface area contributed by atoms with Crippen LogP contribution in [0.3, 0.4) is 0 Å². The summed E-state index contributed by atoms with van der Waals surface area (Å²) in [4.78, 5) is 0. The Hall–Kier alpha value is -0.860. The van der Waals surface area contributed by atoms with Crippen molar-refractivity contribution in [3.63, 3.8) is 0 Å². The van der Waals surface area contributed by atoms with Crippen LogP contribution in [0.1, 0.15) is 5.56 Å². The molecule has 1 fully saturated rings. The van der Waals surface area contributed by atoms with Gasteiger partial charge in [-0.15, -0.1) is 0 Å². The minimum atomic E-state index is 0.260. The van der Waals surface area contributed by atoms with Crippen molar-refractivity contribution in [2.24, 2.45) is 11.7 Å². The topological polar surface area (TPSA) is 35.2 Å². The molecule has 2 nitrogen and oxygen atoms in total. The zero-order valence-electron chi connectivity index (χ0n) is 7.65. The fourth-order valence-electron chi connectivity index (χ4n) is 1.55. The van der Waals surface area contributed by atoms with E-state index in [2.05, 4.69) is 24.3 Å². The number of nitrogens with two attached hydrogens (primary N) is 1. The second-order valence-electron chi connectivity index (χ2n) is 3.65. The largest absolute Gasteiger partial charge is 0.381 e. The Labute approximate surface area is 78.7 Å². The third kappa shape index (κ3) is 2.08. The molecule has 0 radical (unpaired) electrons. The maximum Gasteiger partial charge on any atom is 0.0531 e. The van der Waals surface area contributed by atoms with E-state index in [9.17, 15) is 0 Å². The first-order valence-corrected chi connectivity index (χ1v) is 4.73. The third-order valence-electron chi connectivity index (χ3n) is 2.58. The molecule has 0 aromatic heterocycles. The number of benzene rings is 1. The first-order valence-electron chi connectivity index (χ1n) is 4.73. The van der Waals surface area contributed by atoms with Crippen molar-refractivity contribution >= 4 is 0 Å². The van der Waals surface area contributed by atoms with Gasteiger partial charge < -0.3 is 10.5 Å². The molecule has 1 saturated heterocycles. The van der Waals surface area contributed by atoms with E-state index in [1.807, 2.05) is 6.07 Å². The molecular formula is C11H15NO. The highest BCUT2D eigenvalue weighted by atomic mass is 16.5. The predicted octanol–water partition coefficient (Wildman–Crippen LogP) is 1.20. The van der Waals surface area contributed by atoms with Crippen molar-refractivity contribution in [1.29, 1.82) is 0 Å². The number of rotatable bonds is 3. The molecule has 0 aliphatic carbocycles. The normalized spacial score (nSPS) is 19.5. The van der Waals surface area contributed by atoms with Crippen LogP contribution in [0.2, 0.25) is 0 Å². The van der Waals surface area contributed by atoms with Gasteiger partial charge in [-0.25, -0.2) is 0 Å². The van der Waals surface area contributed by atoms with E-state index >= 15 is 0 Å². The zero-order chi connectivity index (χ0) is 9.10. The lowest BCUT2D eigenvalue weighted by Gasteiger charge is -2.31. The Bertz CT molecular complexity index is 256. The molecule has 70 valence electrons. The van der Waals surface area contributed by atoms with E-state index in [1.54, 1.807) is 0 Å². The average molecular weight is 177 g/mol. The summed E-state index contributed by atoms with van der Waals surface area (Å²) in [6.07, 6.45) is 0.967. The molecule has 0 bridgehead atoms. The van der Waals surface area contributed by atoms with Gasteiger partial charge in [0.05, 0.1) is 13.2 Å². The Morgan fingerprint density at radius 1 is 1.31 bits per heavy atom. The van der Waals surface area contributed by atoms with Crippen LogP contribution >= 0.6 is 0 Å². The van der Waals surface area contributed by atoms with Crippen molar-refractivity contribution in [2.75, 3.05) is 13.2 Å². The van der Waals surface area contributed by atoms with Crippen LogP contribution in [0, 0.1) is 5.92 Å². The molecule has 0 spiro atoms. The van der Waals surface area contributed by atoms with Crippen LogP contribution in [0.4, 0.5) is 0 Å². The highest BCUT2D eigenvalue weighted by Crippen LogP contribution is 2.16. The Morgan fingerprint density at radius 2 is 2.00 bits per heavy atom. The summed E-state index contributed by atoms with van der Waals surface area (Å²) in [5.41, 5.74) is 7.35. The van der Waals surface area contributed by atoms with Gasteiger partial charge in [-0.1, -0.05) is 30.3 Å². The lowest BCUT2D eigenvalue weighted by Crippen LogP contribution is -2.44. The van der Waals surface area contributed by atoms with Gasteiger partial charge in [0.1, 0.15) is 0 Å². The van der Waals surface area contributed by atoms with Crippen LogP contribution in [-0.2, 0) is 11.2 Å². The quantitative estimate of drug-likeness (QED) is 0.753. The molecule has 2 rings (SSSR count). The standard InChI is InChI=1S/C11H15NO/c12-11(10-7-13-8-10)6-9-4-2-1-3-5-9/h1-5,10-11H,6-8,12H2. The summed E-state index contributed by atoms with van der Waals surface area (Å²) in [7, 11) is 0. The summed E-state index contributed by atoms with van der Waals surface area (Å²) in [5.74, 6) is 0.570. The van der Waals surface area contributed by atoms with Gasteiger partial charge in [0.15, 0.2) is 0 Å². The van der Waals surface area contributed by atoms with E-state index in [0.29, 0.717) is 5.92 Å². The molecule has 2 heteroatoms. The highest BCUT2D eigenvalue weighted by molar-refractivity contribution is 5.16.